The van der Waals surface area contributed by atoms with Gasteiger partial charge in [0, 0.05) is 31.7 Å². The molecule has 1 N–H and O–H groups in total. The highest BCUT2D eigenvalue weighted by molar-refractivity contribution is 5.89. The lowest BCUT2D eigenvalue weighted by atomic mass is 9.93. The molecule has 2 saturated heterocycles. The van der Waals surface area contributed by atoms with Gasteiger partial charge in [-0.25, -0.2) is 4.79 Å². The molecule has 2 aliphatic rings. The van der Waals surface area contributed by atoms with E-state index in [0.29, 0.717) is 11.5 Å². The summed E-state index contributed by atoms with van der Waals surface area (Å²) in [5.41, 5.74) is 1.55. The van der Waals surface area contributed by atoms with E-state index in [1.165, 1.54) is 0 Å². The van der Waals surface area contributed by atoms with Crippen LogP contribution in [0.2, 0.25) is 0 Å². The van der Waals surface area contributed by atoms with Gasteiger partial charge in [-0.2, -0.15) is 0 Å². The van der Waals surface area contributed by atoms with Gasteiger partial charge in [0.2, 0.25) is 0 Å². The van der Waals surface area contributed by atoms with Gasteiger partial charge in [-0.3, -0.25) is 4.90 Å². The van der Waals surface area contributed by atoms with Crippen molar-refractivity contribution in [2.75, 3.05) is 45.9 Å². The van der Waals surface area contributed by atoms with Crippen LogP contribution < -0.4 is 0 Å². The highest BCUT2D eigenvalue weighted by atomic mass is 16.5. The summed E-state index contributed by atoms with van der Waals surface area (Å²) in [5, 5.41) is 9.42. The quantitative estimate of drug-likeness (QED) is 0.896. The predicted octanol–water partition coefficient (Wildman–Crippen LogP) is 2.28. The molecule has 1 atom stereocenters. The Morgan fingerprint density at radius 1 is 1.25 bits per heavy atom. The Hall–Kier alpha value is -1.43. The van der Waals surface area contributed by atoms with Crippen molar-refractivity contribution in [1.82, 2.24) is 9.80 Å². The normalized spacial score (nSPS) is 23.5. The number of aromatic carboxylic acids is 1. The van der Waals surface area contributed by atoms with Crippen LogP contribution in [0.4, 0.5) is 0 Å². The maximum absolute atomic E-state index is 11.5. The van der Waals surface area contributed by atoms with E-state index in [1.807, 2.05) is 12.1 Å². The molecular formula is C19H28N2O3. The third-order valence-electron chi connectivity index (χ3n) is 5.38. The van der Waals surface area contributed by atoms with E-state index in [0.717, 1.165) is 57.9 Å². The predicted molar refractivity (Wildman–Crippen MR) is 93.7 cm³/mol. The maximum atomic E-state index is 11.5. The average molecular weight is 332 g/mol. The fraction of sp³-hybridized carbons (Fsp3) is 0.632. The Balaban J connectivity index is 1.64. The zero-order chi connectivity index (χ0) is 17.2. The number of hydrogen-bond acceptors (Lipinski definition) is 4. The van der Waals surface area contributed by atoms with Gasteiger partial charge in [0.25, 0.3) is 0 Å². The van der Waals surface area contributed by atoms with E-state index in [4.69, 9.17) is 4.74 Å². The van der Waals surface area contributed by atoms with Crippen molar-refractivity contribution in [3.8, 4) is 0 Å². The molecule has 0 spiro atoms. The zero-order valence-electron chi connectivity index (χ0n) is 14.7. The minimum absolute atomic E-state index is 0.116. The second-order valence-corrected chi connectivity index (χ2v) is 7.52. The minimum Gasteiger partial charge on any atom is -0.478 e. The first kappa shape index (κ1) is 17.4. The monoisotopic (exact) mass is 332 g/mol. The number of carboxylic acids is 1. The number of benzene rings is 1. The van der Waals surface area contributed by atoms with Crippen LogP contribution in [0.25, 0.3) is 0 Å². The van der Waals surface area contributed by atoms with E-state index in [2.05, 4.69) is 23.6 Å². The van der Waals surface area contributed by atoms with Crippen LogP contribution in [0.5, 0.6) is 0 Å². The first-order valence-corrected chi connectivity index (χ1v) is 8.85. The molecule has 1 aromatic carbocycles. The highest BCUT2D eigenvalue weighted by Crippen LogP contribution is 2.31. The van der Waals surface area contributed by atoms with Crippen molar-refractivity contribution < 1.29 is 14.6 Å². The van der Waals surface area contributed by atoms with Crippen molar-refractivity contribution in [2.45, 2.75) is 31.7 Å². The molecule has 1 unspecified atom stereocenters. The lowest BCUT2D eigenvalue weighted by Gasteiger charge is -2.43. The molecule has 0 saturated carbocycles. The Labute approximate surface area is 144 Å². The summed E-state index contributed by atoms with van der Waals surface area (Å²) in [6.45, 7) is 11.2. The third kappa shape index (κ3) is 3.79. The smallest absolute Gasteiger partial charge is 0.335 e. The maximum Gasteiger partial charge on any atom is 0.335 e. The lowest BCUT2D eigenvalue weighted by Crippen LogP contribution is -2.55. The number of carboxylic acid groups (broad SMARTS) is 1. The summed E-state index contributed by atoms with van der Waals surface area (Å²) in [6, 6.07) is 7.45. The van der Waals surface area contributed by atoms with Crippen LogP contribution >= 0.6 is 0 Å². The first-order chi connectivity index (χ1) is 11.5. The summed E-state index contributed by atoms with van der Waals surface area (Å²) in [6.07, 6.45) is 1.03. The summed E-state index contributed by atoms with van der Waals surface area (Å²) < 4.78 is 5.46. The number of hydrogen-bond donors (Lipinski definition) is 1. The van der Waals surface area contributed by atoms with Crippen LogP contribution in [0.1, 0.15) is 42.1 Å². The lowest BCUT2D eigenvalue weighted by molar-refractivity contribution is -0.0197. The topological polar surface area (TPSA) is 53.0 Å². The summed E-state index contributed by atoms with van der Waals surface area (Å²) in [7, 11) is 0. The number of likely N-dealkylation sites (tertiary alicyclic amines) is 1. The van der Waals surface area contributed by atoms with Gasteiger partial charge in [0.1, 0.15) is 0 Å². The van der Waals surface area contributed by atoms with E-state index >= 15 is 0 Å². The van der Waals surface area contributed by atoms with E-state index < -0.39 is 5.97 Å². The van der Waals surface area contributed by atoms with Gasteiger partial charge in [0.05, 0.1) is 18.8 Å². The average Bonchev–Trinajstić information content (AvgIpc) is 3.03. The van der Waals surface area contributed by atoms with E-state index in [1.54, 1.807) is 12.1 Å². The summed E-state index contributed by atoms with van der Waals surface area (Å²) in [5.74, 6) is -0.504. The molecule has 2 heterocycles. The molecule has 0 radical (unpaired) electrons. The van der Waals surface area contributed by atoms with Gasteiger partial charge >= 0.3 is 5.97 Å². The van der Waals surface area contributed by atoms with Gasteiger partial charge in [-0.15, -0.1) is 0 Å². The number of morpholine rings is 1. The Kier molecular flexibility index (Phi) is 5.23. The van der Waals surface area contributed by atoms with Crippen LogP contribution in [0.3, 0.4) is 0 Å². The fourth-order valence-corrected chi connectivity index (χ4v) is 4.09. The molecular weight excluding hydrogens is 304 g/mol. The Bertz CT molecular complexity index is 582. The van der Waals surface area contributed by atoms with Gasteiger partial charge in [-0.05, 0) is 44.4 Å². The molecule has 0 bridgehead atoms. The van der Waals surface area contributed by atoms with E-state index in [-0.39, 0.29) is 5.54 Å². The van der Waals surface area contributed by atoms with Gasteiger partial charge < -0.3 is 14.7 Å². The van der Waals surface area contributed by atoms with Crippen molar-refractivity contribution in [3.63, 3.8) is 0 Å². The van der Waals surface area contributed by atoms with Crippen molar-refractivity contribution >= 4 is 5.97 Å². The van der Waals surface area contributed by atoms with E-state index in [9.17, 15) is 9.90 Å². The molecule has 0 aliphatic carbocycles. The van der Waals surface area contributed by atoms with Crippen LogP contribution in [-0.4, -0.2) is 72.4 Å². The first-order valence-electron chi connectivity index (χ1n) is 8.85. The number of rotatable bonds is 5. The van der Waals surface area contributed by atoms with Crippen molar-refractivity contribution in [2.24, 2.45) is 0 Å². The summed E-state index contributed by atoms with van der Waals surface area (Å²) >= 11 is 0. The molecule has 5 nitrogen and oxygen atoms in total. The molecule has 0 aromatic heterocycles. The van der Waals surface area contributed by atoms with Crippen LogP contribution in [0, 0.1) is 0 Å². The third-order valence-corrected chi connectivity index (χ3v) is 5.38. The van der Waals surface area contributed by atoms with Gasteiger partial charge in [0.15, 0.2) is 0 Å². The standard InChI is InChI=1S/C19H28N2O3/c1-19(2,21-9-11-24-12-10-21)14-20-8-7-15(13-20)16-5-3-4-6-17(16)18(22)23/h3-6,15H,7-14H2,1-2H3,(H,22,23). The second-order valence-electron chi connectivity index (χ2n) is 7.52. The summed E-state index contributed by atoms with van der Waals surface area (Å²) in [4.78, 5) is 16.5. The molecule has 3 rings (SSSR count). The Morgan fingerprint density at radius 3 is 2.67 bits per heavy atom. The number of nitrogens with zero attached hydrogens (tertiary/aromatic N) is 2. The molecule has 1 aromatic rings. The molecule has 24 heavy (non-hydrogen) atoms. The van der Waals surface area contributed by atoms with Crippen molar-refractivity contribution in [1.29, 1.82) is 0 Å². The highest BCUT2D eigenvalue weighted by Gasteiger charge is 2.34. The molecule has 5 heteroatoms. The molecule has 2 aliphatic heterocycles. The molecule has 0 amide bonds. The second kappa shape index (κ2) is 7.21. The SMILES string of the molecule is CC(C)(CN1CCC(c2ccccc2C(=O)O)C1)N1CCOCC1. The van der Waals surface area contributed by atoms with Crippen molar-refractivity contribution in [3.05, 3.63) is 35.4 Å². The Morgan fingerprint density at radius 2 is 1.96 bits per heavy atom. The molecule has 2 fully saturated rings. The van der Waals surface area contributed by atoms with Crippen LogP contribution in [0.15, 0.2) is 24.3 Å². The van der Waals surface area contributed by atoms with Gasteiger partial charge in [-0.1, -0.05) is 18.2 Å². The fourth-order valence-electron chi connectivity index (χ4n) is 4.09. The van der Waals surface area contributed by atoms with Crippen LogP contribution in [-0.2, 0) is 4.74 Å². The zero-order valence-corrected chi connectivity index (χ0v) is 14.7. The number of ether oxygens (including phenoxy) is 1. The molecule has 132 valence electrons. The largest absolute Gasteiger partial charge is 0.478 e. The minimum atomic E-state index is -0.822. The number of carbonyl (C=O) groups is 1.